The van der Waals surface area contributed by atoms with Crippen molar-refractivity contribution < 1.29 is 28.8 Å². The van der Waals surface area contributed by atoms with E-state index in [0.717, 1.165) is 0 Å². The summed E-state index contributed by atoms with van der Waals surface area (Å²) < 4.78 is 29.2. The predicted octanol–water partition coefficient (Wildman–Crippen LogP) is -0.444. The van der Waals surface area contributed by atoms with Gasteiger partial charge in [-0.15, -0.1) is 0 Å². The quantitative estimate of drug-likeness (QED) is 0.581. The van der Waals surface area contributed by atoms with Gasteiger partial charge in [-0.2, -0.15) is 0 Å². The van der Waals surface area contributed by atoms with Crippen molar-refractivity contribution in [1.29, 1.82) is 0 Å². The average Bonchev–Trinajstić information content (AvgIpc) is 2.47. The summed E-state index contributed by atoms with van der Waals surface area (Å²) in [5.41, 5.74) is 0. The van der Waals surface area contributed by atoms with Crippen molar-refractivity contribution in [3.05, 3.63) is 0 Å². The number of aliphatic hydroxyl groups excluding tert-OH is 2. The molecule has 0 bridgehead atoms. The SMILES string of the molecule is CC1(C)OC[C@]2(OC[C@@H](O)[C@H](F)[C@@H]2O)O1. The molecular formula is C9H15FO5. The van der Waals surface area contributed by atoms with Crippen molar-refractivity contribution in [3.63, 3.8) is 0 Å². The van der Waals surface area contributed by atoms with Gasteiger partial charge in [0.25, 0.3) is 0 Å². The Balaban J connectivity index is 2.16. The standard InChI is InChI=1S/C9H15FO5/c1-8(2)14-4-9(15-8)7(12)6(10)5(11)3-13-9/h5-7,11-12H,3-4H2,1-2H3/t5-,6+,7+,9+/m1/s1. The topological polar surface area (TPSA) is 68.2 Å². The average molecular weight is 222 g/mol. The van der Waals surface area contributed by atoms with Gasteiger partial charge >= 0.3 is 0 Å². The van der Waals surface area contributed by atoms with Crippen LogP contribution in [0.25, 0.3) is 0 Å². The molecule has 0 aliphatic carbocycles. The third-order valence-corrected chi connectivity index (χ3v) is 2.66. The van der Waals surface area contributed by atoms with Crippen molar-refractivity contribution in [2.45, 2.75) is 43.8 Å². The zero-order valence-electron chi connectivity index (χ0n) is 8.64. The first-order chi connectivity index (χ1) is 6.86. The third-order valence-electron chi connectivity index (χ3n) is 2.66. The number of hydrogen-bond acceptors (Lipinski definition) is 5. The molecule has 2 aliphatic rings. The highest BCUT2D eigenvalue weighted by Gasteiger charge is 2.58. The summed E-state index contributed by atoms with van der Waals surface area (Å²) in [5.74, 6) is -2.40. The van der Waals surface area contributed by atoms with E-state index >= 15 is 0 Å². The smallest absolute Gasteiger partial charge is 0.224 e. The van der Waals surface area contributed by atoms with E-state index in [9.17, 15) is 9.50 Å². The van der Waals surface area contributed by atoms with Crippen molar-refractivity contribution >= 4 is 0 Å². The van der Waals surface area contributed by atoms with E-state index in [-0.39, 0.29) is 13.2 Å². The molecule has 6 heteroatoms. The molecule has 2 saturated heterocycles. The van der Waals surface area contributed by atoms with Crippen molar-refractivity contribution in [1.82, 2.24) is 0 Å². The highest BCUT2D eigenvalue weighted by molar-refractivity contribution is 4.96. The van der Waals surface area contributed by atoms with Crippen molar-refractivity contribution in [2.75, 3.05) is 13.2 Å². The summed E-state index contributed by atoms with van der Waals surface area (Å²) >= 11 is 0. The van der Waals surface area contributed by atoms with E-state index in [1.807, 2.05) is 0 Å². The number of halogens is 1. The van der Waals surface area contributed by atoms with Crippen LogP contribution in [-0.4, -0.2) is 53.4 Å². The first-order valence-electron chi connectivity index (χ1n) is 4.85. The summed E-state index contributed by atoms with van der Waals surface area (Å²) in [5, 5.41) is 18.8. The molecule has 0 aromatic rings. The second kappa shape index (κ2) is 3.36. The number of ether oxygens (including phenoxy) is 3. The third kappa shape index (κ3) is 1.76. The maximum absolute atomic E-state index is 13.4. The summed E-state index contributed by atoms with van der Waals surface area (Å²) in [6, 6.07) is 0. The lowest BCUT2D eigenvalue weighted by Gasteiger charge is -2.40. The van der Waals surface area contributed by atoms with Crippen LogP contribution in [0.2, 0.25) is 0 Å². The Bertz CT molecular complexity index is 259. The van der Waals surface area contributed by atoms with Crippen LogP contribution >= 0.6 is 0 Å². The van der Waals surface area contributed by atoms with Crippen LogP contribution < -0.4 is 0 Å². The molecule has 2 N–H and O–H groups in total. The number of hydrogen-bond donors (Lipinski definition) is 2. The van der Waals surface area contributed by atoms with Crippen LogP contribution in [0, 0.1) is 0 Å². The highest BCUT2D eigenvalue weighted by atomic mass is 19.1. The Morgan fingerprint density at radius 1 is 1.27 bits per heavy atom. The van der Waals surface area contributed by atoms with Crippen LogP contribution in [0.4, 0.5) is 4.39 Å². The fourth-order valence-corrected chi connectivity index (χ4v) is 1.82. The van der Waals surface area contributed by atoms with Crippen LogP contribution in [0.3, 0.4) is 0 Å². The lowest BCUT2D eigenvalue weighted by Crippen LogP contribution is -2.61. The van der Waals surface area contributed by atoms with Gasteiger partial charge in [0.15, 0.2) is 12.0 Å². The molecule has 88 valence electrons. The van der Waals surface area contributed by atoms with Gasteiger partial charge < -0.3 is 24.4 Å². The summed E-state index contributed by atoms with van der Waals surface area (Å²) in [7, 11) is 0. The van der Waals surface area contributed by atoms with Gasteiger partial charge in [0.2, 0.25) is 5.79 Å². The lowest BCUT2D eigenvalue weighted by atomic mass is 9.99. The Hall–Kier alpha value is -0.270. The molecule has 1 spiro atoms. The molecule has 2 rings (SSSR count). The van der Waals surface area contributed by atoms with E-state index in [1.54, 1.807) is 13.8 Å². The fourth-order valence-electron chi connectivity index (χ4n) is 1.82. The normalized spacial score (nSPS) is 49.8. The van der Waals surface area contributed by atoms with E-state index < -0.39 is 30.0 Å². The molecule has 0 unspecified atom stereocenters. The van der Waals surface area contributed by atoms with Crippen LogP contribution in [0.5, 0.6) is 0 Å². The maximum atomic E-state index is 13.4. The minimum atomic E-state index is -1.78. The molecule has 2 aliphatic heterocycles. The number of alkyl halides is 1. The lowest BCUT2D eigenvalue weighted by molar-refractivity contribution is -0.330. The van der Waals surface area contributed by atoms with Crippen molar-refractivity contribution in [3.8, 4) is 0 Å². The van der Waals surface area contributed by atoms with Gasteiger partial charge in [0, 0.05) is 0 Å². The van der Waals surface area contributed by atoms with E-state index in [2.05, 4.69) is 0 Å². The van der Waals surface area contributed by atoms with E-state index in [4.69, 9.17) is 19.3 Å². The van der Waals surface area contributed by atoms with Crippen LogP contribution in [-0.2, 0) is 14.2 Å². The first-order valence-corrected chi connectivity index (χ1v) is 4.85. The Kier molecular flexibility index (Phi) is 2.51. The minimum absolute atomic E-state index is 0.0473. The number of rotatable bonds is 0. The molecule has 0 amide bonds. The van der Waals surface area contributed by atoms with Gasteiger partial charge in [-0.1, -0.05) is 0 Å². The fraction of sp³-hybridized carbons (Fsp3) is 1.00. The molecule has 0 radical (unpaired) electrons. The zero-order valence-corrected chi connectivity index (χ0v) is 8.64. The van der Waals surface area contributed by atoms with Crippen LogP contribution in [0.1, 0.15) is 13.8 Å². The summed E-state index contributed by atoms with van der Waals surface area (Å²) in [6.45, 7) is 3.04. The molecule has 2 fully saturated rings. The second-order valence-electron chi connectivity index (χ2n) is 4.37. The van der Waals surface area contributed by atoms with Gasteiger partial charge in [0.1, 0.15) is 18.8 Å². The van der Waals surface area contributed by atoms with Gasteiger partial charge in [-0.25, -0.2) is 4.39 Å². The Morgan fingerprint density at radius 2 is 1.93 bits per heavy atom. The monoisotopic (exact) mass is 222 g/mol. The van der Waals surface area contributed by atoms with E-state index in [1.165, 1.54) is 0 Å². The molecular weight excluding hydrogens is 207 g/mol. The minimum Gasteiger partial charge on any atom is -0.388 e. The molecule has 0 saturated carbocycles. The largest absolute Gasteiger partial charge is 0.388 e. The van der Waals surface area contributed by atoms with Crippen LogP contribution in [0.15, 0.2) is 0 Å². The maximum Gasteiger partial charge on any atom is 0.224 e. The zero-order chi connectivity index (χ0) is 11.3. The molecule has 2 heterocycles. The Morgan fingerprint density at radius 3 is 2.47 bits per heavy atom. The summed E-state index contributed by atoms with van der Waals surface area (Å²) in [6.07, 6.45) is -4.64. The molecule has 15 heavy (non-hydrogen) atoms. The Labute approximate surface area is 86.7 Å². The summed E-state index contributed by atoms with van der Waals surface area (Å²) in [4.78, 5) is 0. The molecule has 4 atom stereocenters. The van der Waals surface area contributed by atoms with E-state index in [0.29, 0.717) is 0 Å². The molecule has 0 aromatic carbocycles. The predicted molar refractivity (Wildman–Crippen MR) is 46.7 cm³/mol. The van der Waals surface area contributed by atoms with Gasteiger partial charge in [-0.3, -0.25) is 0 Å². The first kappa shape index (κ1) is 11.2. The number of aliphatic hydroxyl groups is 2. The second-order valence-corrected chi connectivity index (χ2v) is 4.37. The van der Waals surface area contributed by atoms with Gasteiger partial charge in [-0.05, 0) is 13.8 Å². The van der Waals surface area contributed by atoms with Gasteiger partial charge in [0.05, 0.1) is 6.61 Å². The van der Waals surface area contributed by atoms with Crippen molar-refractivity contribution in [2.24, 2.45) is 0 Å². The highest BCUT2D eigenvalue weighted by Crippen LogP contribution is 2.39. The molecule has 5 nitrogen and oxygen atoms in total. The molecule has 0 aromatic heterocycles.